The molecule has 0 radical (unpaired) electrons. The van der Waals surface area contributed by atoms with Gasteiger partial charge in [-0.2, -0.15) is 0 Å². The molecule has 2 heteroatoms. The molecule has 1 aromatic carbocycles. The Morgan fingerprint density at radius 3 is 2.39 bits per heavy atom. The van der Waals surface area contributed by atoms with Gasteiger partial charge in [0.25, 0.3) is 0 Å². The predicted octanol–water partition coefficient (Wildman–Crippen LogP) is 2.77. The summed E-state index contributed by atoms with van der Waals surface area (Å²) in [6.07, 6.45) is 5.25. The van der Waals surface area contributed by atoms with Crippen LogP contribution in [0.5, 0.6) is 0 Å². The maximum Gasteiger partial charge on any atom is 0.139 e. The van der Waals surface area contributed by atoms with Gasteiger partial charge in [-0.15, -0.1) is 0 Å². The smallest absolute Gasteiger partial charge is 0.139 e. The van der Waals surface area contributed by atoms with E-state index in [1.54, 1.807) is 0 Å². The van der Waals surface area contributed by atoms with Gasteiger partial charge in [0.1, 0.15) is 12.1 Å². The molecule has 1 saturated carbocycles. The van der Waals surface area contributed by atoms with E-state index < -0.39 is 5.60 Å². The number of benzene rings is 1. The second-order valence-corrected chi connectivity index (χ2v) is 7.15. The van der Waals surface area contributed by atoms with Crippen LogP contribution in [0.15, 0.2) is 30.3 Å². The summed E-state index contributed by atoms with van der Waals surface area (Å²) in [5.74, 6) is 6.97. The minimum atomic E-state index is -0.783. The minimum absolute atomic E-state index is 0.346. The van der Waals surface area contributed by atoms with Crippen molar-refractivity contribution >= 4 is 0 Å². The molecule has 0 bridgehead atoms. The average molecular weight is 314 g/mol. The van der Waals surface area contributed by atoms with Gasteiger partial charge in [-0.1, -0.05) is 49.1 Å². The molecular formula is C21H32NO+. The molecule has 0 saturated heterocycles. The fourth-order valence-electron chi connectivity index (χ4n) is 3.72. The van der Waals surface area contributed by atoms with Crippen molar-refractivity contribution in [2.45, 2.75) is 64.5 Å². The summed E-state index contributed by atoms with van der Waals surface area (Å²) in [5.41, 5.74) is 0.249. The lowest BCUT2D eigenvalue weighted by Gasteiger charge is -2.33. The topological polar surface area (TPSA) is 24.7 Å². The summed E-state index contributed by atoms with van der Waals surface area (Å²) in [7, 11) is 0. The molecule has 2 N–H and O–H groups in total. The maximum atomic E-state index is 11.4. The highest BCUT2D eigenvalue weighted by atomic mass is 16.3. The molecule has 1 fully saturated rings. The number of nitrogens with one attached hydrogen (secondary N) is 1. The van der Waals surface area contributed by atoms with Crippen LogP contribution in [0.1, 0.15) is 58.4 Å². The zero-order chi connectivity index (χ0) is 16.7. The first-order valence-electron chi connectivity index (χ1n) is 9.16. The van der Waals surface area contributed by atoms with Crippen molar-refractivity contribution in [3.63, 3.8) is 0 Å². The van der Waals surface area contributed by atoms with E-state index in [0.29, 0.717) is 18.4 Å². The van der Waals surface area contributed by atoms with Crippen molar-refractivity contribution in [2.75, 3.05) is 13.1 Å². The van der Waals surface area contributed by atoms with Crippen LogP contribution in [-0.4, -0.2) is 24.2 Å². The Bertz CT molecular complexity index is 522. The Kier molecular flexibility index (Phi) is 6.69. The molecule has 126 valence electrons. The van der Waals surface area contributed by atoms with Gasteiger partial charge in [-0.25, -0.2) is 0 Å². The fourth-order valence-corrected chi connectivity index (χ4v) is 3.72. The second-order valence-electron chi connectivity index (χ2n) is 7.15. The zero-order valence-electron chi connectivity index (χ0n) is 14.9. The standard InChI is InChI=1S/C21H31NO/c1-4-22(18(2)3)17-11-10-16-21(23,20-14-8-9-15-20)19-12-6-5-7-13-19/h5-7,12-13,18,20,23H,4,8-9,14-17H2,1-3H3/p+1. The summed E-state index contributed by atoms with van der Waals surface area (Å²) >= 11 is 0. The Labute approximate surface area is 141 Å². The van der Waals surface area contributed by atoms with Crippen molar-refractivity contribution < 1.29 is 10.0 Å². The average Bonchev–Trinajstić information content (AvgIpc) is 3.10. The van der Waals surface area contributed by atoms with Crippen LogP contribution in [0.25, 0.3) is 0 Å². The highest BCUT2D eigenvalue weighted by molar-refractivity contribution is 5.26. The monoisotopic (exact) mass is 314 g/mol. The Morgan fingerprint density at radius 1 is 1.17 bits per heavy atom. The van der Waals surface area contributed by atoms with Gasteiger partial charge in [0.15, 0.2) is 0 Å². The first-order chi connectivity index (χ1) is 11.1. The zero-order valence-corrected chi connectivity index (χ0v) is 14.9. The van der Waals surface area contributed by atoms with Crippen molar-refractivity contribution in [1.82, 2.24) is 0 Å². The molecule has 1 aliphatic rings. The summed E-state index contributed by atoms with van der Waals surface area (Å²) in [4.78, 5) is 1.50. The largest absolute Gasteiger partial charge is 0.384 e. The van der Waals surface area contributed by atoms with Crippen LogP contribution in [0.3, 0.4) is 0 Å². The molecular weight excluding hydrogens is 282 g/mol. The molecule has 0 aromatic heterocycles. The van der Waals surface area contributed by atoms with Crippen LogP contribution in [-0.2, 0) is 5.60 Å². The van der Waals surface area contributed by atoms with Crippen molar-refractivity contribution in [3.8, 4) is 11.8 Å². The normalized spacial score (nSPS) is 19.2. The van der Waals surface area contributed by atoms with Gasteiger partial charge < -0.3 is 10.0 Å². The first-order valence-corrected chi connectivity index (χ1v) is 9.16. The number of quaternary nitrogens is 1. The van der Waals surface area contributed by atoms with Gasteiger partial charge in [-0.05, 0) is 51.0 Å². The molecule has 2 atom stereocenters. The molecule has 2 rings (SSSR count). The lowest BCUT2D eigenvalue weighted by atomic mass is 9.78. The fraction of sp³-hybridized carbons (Fsp3) is 0.619. The number of rotatable bonds is 6. The van der Waals surface area contributed by atoms with E-state index in [9.17, 15) is 5.11 Å². The maximum absolute atomic E-state index is 11.4. The van der Waals surface area contributed by atoms with Gasteiger partial charge in [0, 0.05) is 6.42 Å². The van der Waals surface area contributed by atoms with Crippen LogP contribution >= 0.6 is 0 Å². The molecule has 1 aromatic rings. The molecule has 1 aliphatic carbocycles. The minimum Gasteiger partial charge on any atom is -0.384 e. The lowest BCUT2D eigenvalue weighted by molar-refractivity contribution is -0.912. The van der Waals surface area contributed by atoms with Gasteiger partial charge in [-0.3, -0.25) is 0 Å². The predicted molar refractivity (Wildman–Crippen MR) is 96.2 cm³/mol. The molecule has 0 spiro atoms. The number of hydrogen-bond donors (Lipinski definition) is 2. The van der Waals surface area contributed by atoms with Crippen LogP contribution in [0.4, 0.5) is 0 Å². The first kappa shape index (κ1) is 18.0. The van der Waals surface area contributed by atoms with E-state index >= 15 is 0 Å². The number of hydrogen-bond acceptors (Lipinski definition) is 1. The molecule has 2 nitrogen and oxygen atoms in total. The lowest BCUT2D eigenvalue weighted by Crippen LogP contribution is -3.14. The SMILES string of the molecule is CC[NH+](CC#CCC(O)(c1ccccc1)C1CCCC1)C(C)C. The second kappa shape index (κ2) is 8.52. The quantitative estimate of drug-likeness (QED) is 0.776. The van der Waals surface area contributed by atoms with E-state index in [2.05, 4.69) is 44.7 Å². The molecule has 0 aliphatic heterocycles. The van der Waals surface area contributed by atoms with E-state index in [1.165, 1.54) is 17.7 Å². The number of aliphatic hydroxyl groups is 1. The molecule has 0 heterocycles. The van der Waals surface area contributed by atoms with E-state index in [-0.39, 0.29) is 0 Å². The summed E-state index contributed by atoms with van der Waals surface area (Å²) < 4.78 is 0. The van der Waals surface area contributed by atoms with Crippen molar-refractivity contribution in [1.29, 1.82) is 0 Å². The van der Waals surface area contributed by atoms with Gasteiger partial charge in [0.05, 0.1) is 12.6 Å². The van der Waals surface area contributed by atoms with Crippen LogP contribution in [0, 0.1) is 17.8 Å². The molecule has 23 heavy (non-hydrogen) atoms. The van der Waals surface area contributed by atoms with E-state index in [0.717, 1.165) is 31.5 Å². The van der Waals surface area contributed by atoms with E-state index in [4.69, 9.17) is 0 Å². The van der Waals surface area contributed by atoms with E-state index in [1.807, 2.05) is 18.2 Å². The third-order valence-corrected chi connectivity index (χ3v) is 5.37. The molecule has 2 unspecified atom stereocenters. The highest BCUT2D eigenvalue weighted by Crippen LogP contribution is 2.42. The Morgan fingerprint density at radius 2 is 1.83 bits per heavy atom. The summed E-state index contributed by atoms with van der Waals surface area (Å²) in [6.45, 7) is 8.64. The van der Waals surface area contributed by atoms with Crippen LogP contribution in [0.2, 0.25) is 0 Å². The summed E-state index contributed by atoms with van der Waals surface area (Å²) in [5, 5.41) is 11.4. The Balaban J connectivity index is 2.10. The highest BCUT2D eigenvalue weighted by Gasteiger charge is 2.39. The van der Waals surface area contributed by atoms with Gasteiger partial charge in [0.2, 0.25) is 0 Å². The molecule has 0 amide bonds. The third-order valence-electron chi connectivity index (χ3n) is 5.37. The Hall–Kier alpha value is -1.30. The van der Waals surface area contributed by atoms with Crippen molar-refractivity contribution in [3.05, 3.63) is 35.9 Å². The summed E-state index contributed by atoms with van der Waals surface area (Å²) in [6, 6.07) is 10.7. The van der Waals surface area contributed by atoms with Gasteiger partial charge >= 0.3 is 0 Å². The van der Waals surface area contributed by atoms with Crippen molar-refractivity contribution in [2.24, 2.45) is 5.92 Å². The third kappa shape index (κ3) is 4.59. The van der Waals surface area contributed by atoms with Crippen LogP contribution < -0.4 is 4.90 Å².